The minimum atomic E-state index is -0.313. The van der Waals surface area contributed by atoms with Gasteiger partial charge in [0.1, 0.15) is 17.2 Å². The largest absolute Gasteiger partial charge is 0.494 e. The van der Waals surface area contributed by atoms with Crippen LogP contribution in [-0.2, 0) is 20.9 Å². The number of fused-ring (bicyclic) bond motifs is 5. The predicted molar refractivity (Wildman–Crippen MR) is 141 cm³/mol. The fraction of sp³-hybridized carbons (Fsp3) is 0.500. The highest BCUT2D eigenvalue weighted by molar-refractivity contribution is 5.97. The first kappa shape index (κ1) is 27.8. The zero-order valence-corrected chi connectivity index (χ0v) is 22.1. The summed E-state index contributed by atoms with van der Waals surface area (Å²) in [5.74, 6) is 1.04. The van der Waals surface area contributed by atoms with Gasteiger partial charge in [0.05, 0.1) is 51.7 Å². The molecule has 1 saturated heterocycles. The Morgan fingerprint density at radius 1 is 1.13 bits per heavy atom. The third-order valence-corrected chi connectivity index (χ3v) is 6.53. The molecule has 0 aromatic heterocycles. The highest BCUT2D eigenvalue weighted by atomic mass is 16.5. The fourth-order valence-electron chi connectivity index (χ4n) is 4.70. The third-order valence-electron chi connectivity index (χ3n) is 6.53. The van der Waals surface area contributed by atoms with E-state index < -0.39 is 0 Å². The second-order valence-corrected chi connectivity index (χ2v) is 9.49. The molecule has 2 aliphatic rings. The zero-order valence-electron chi connectivity index (χ0n) is 22.1. The minimum Gasteiger partial charge on any atom is -0.494 e. The number of piperidine rings is 1. The van der Waals surface area contributed by atoms with Gasteiger partial charge in [-0.2, -0.15) is 0 Å². The summed E-state index contributed by atoms with van der Waals surface area (Å²) in [6.07, 6.45) is 0.550. The molecule has 0 unspecified atom stereocenters. The highest BCUT2D eigenvalue weighted by Gasteiger charge is 2.32. The quantitative estimate of drug-likeness (QED) is 0.527. The molecule has 10 nitrogen and oxygen atoms in total. The zero-order chi connectivity index (χ0) is 26.9. The number of ether oxygens (including phenoxy) is 4. The van der Waals surface area contributed by atoms with E-state index in [9.17, 15) is 9.59 Å². The van der Waals surface area contributed by atoms with Gasteiger partial charge in [0, 0.05) is 38.3 Å². The Morgan fingerprint density at radius 2 is 2.00 bits per heavy atom. The molecule has 38 heavy (non-hydrogen) atoms. The van der Waals surface area contributed by atoms with Crippen LogP contribution >= 0.6 is 0 Å². The lowest BCUT2D eigenvalue weighted by Gasteiger charge is -2.39. The summed E-state index contributed by atoms with van der Waals surface area (Å²) >= 11 is 0. The molecular formula is C28H37N3O7. The maximum Gasteiger partial charge on any atom is 0.254 e. The monoisotopic (exact) mass is 527 g/mol. The first-order chi connectivity index (χ1) is 18.4. The third kappa shape index (κ3) is 7.67. The molecule has 4 bridgehead atoms. The molecule has 206 valence electrons. The predicted octanol–water partition coefficient (Wildman–Crippen LogP) is 2.05. The van der Waals surface area contributed by atoms with Crippen LogP contribution in [0.2, 0.25) is 0 Å². The molecule has 0 spiro atoms. The Balaban J connectivity index is 1.57. The van der Waals surface area contributed by atoms with Crippen molar-refractivity contribution in [2.75, 3.05) is 59.7 Å². The number of likely N-dealkylation sites (N-methyl/N-ethyl adjacent to an activating group) is 1. The van der Waals surface area contributed by atoms with Crippen molar-refractivity contribution >= 4 is 11.8 Å². The van der Waals surface area contributed by atoms with Crippen LogP contribution in [0.5, 0.6) is 17.2 Å². The topological polar surface area (TPSA) is 110 Å². The summed E-state index contributed by atoms with van der Waals surface area (Å²) in [5.41, 5.74) is 1.31. The van der Waals surface area contributed by atoms with Gasteiger partial charge >= 0.3 is 0 Å². The van der Waals surface area contributed by atoms with Crippen molar-refractivity contribution in [2.24, 2.45) is 0 Å². The Bertz CT molecular complexity index is 1100. The van der Waals surface area contributed by atoms with E-state index in [0.29, 0.717) is 62.3 Å². The van der Waals surface area contributed by atoms with Crippen LogP contribution < -0.4 is 14.8 Å². The van der Waals surface area contributed by atoms with E-state index in [4.69, 9.17) is 24.1 Å². The number of hydrogen-bond acceptors (Lipinski definition) is 8. The van der Waals surface area contributed by atoms with Crippen LogP contribution in [0.15, 0.2) is 42.5 Å². The number of aliphatic hydroxyl groups excluding tert-OH is 1. The Kier molecular flexibility index (Phi) is 9.94. The number of benzene rings is 2. The van der Waals surface area contributed by atoms with Crippen molar-refractivity contribution < 1.29 is 33.6 Å². The lowest BCUT2D eigenvalue weighted by Crippen LogP contribution is -2.57. The standard InChI is InChI=1S/C28H37N3O7/c1-3-36-23-14-21-15-24(16-23)38-22-6-4-5-20(13-22)19-37-26-7-8-31(9-11-35-12-10-32)17-25(26)29-27(33)18-30(2)28(21)34/h4-6,13-16,25-26,32H,3,7-12,17-19H2,1-2H3,(H,29,33)/t25-,26+/m0/s1. The van der Waals surface area contributed by atoms with Gasteiger partial charge in [0.25, 0.3) is 5.91 Å². The molecule has 2 amide bonds. The molecule has 0 aliphatic carbocycles. The molecule has 1 fully saturated rings. The number of rotatable bonds is 7. The van der Waals surface area contributed by atoms with Gasteiger partial charge in [-0.15, -0.1) is 0 Å². The van der Waals surface area contributed by atoms with E-state index in [-0.39, 0.29) is 37.1 Å². The molecule has 2 aliphatic heterocycles. The van der Waals surface area contributed by atoms with Crippen LogP contribution in [0, 0.1) is 0 Å². The van der Waals surface area contributed by atoms with Gasteiger partial charge in [0.15, 0.2) is 0 Å². The Hall–Kier alpha value is -3.18. The van der Waals surface area contributed by atoms with Gasteiger partial charge in [0.2, 0.25) is 5.91 Å². The van der Waals surface area contributed by atoms with E-state index in [0.717, 1.165) is 18.5 Å². The molecule has 4 rings (SSSR count). The summed E-state index contributed by atoms with van der Waals surface area (Å²) in [6, 6.07) is 12.4. The maximum absolute atomic E-state index is 13.3. The van der Waals surface area contributed by atoms with Gasteiger partial charge in [-0.05, 0) is 43.2 Å². The molecule has 2 atom stereocenters. The van der Waals surface area contributed by atoms with Gasteiger partial charge < -0.3 is 34.3 Å². The van der Waals surface area contributed by atoms with E-state index in [1.807, 2.05) is 31.2 Å². The number of carbonyl (C=O) groups is 2. The Labute approximate surface area is 223 Å². The molecule has 2 heterocycles. The lowest BCUT2D eigenvalue weighted by atomic mass is 10.0. The highest BCUT2D eigenvalue weighted by Crippen LogP contribution is 2.29. The normalized spacial score (nSPS) is 20.9. The molecule has 2 aromatic carbocycles. The number of amides is 2. The molecule has 10 heteroatoms. The van der Waals surface area contributed by atoms with Crippen molar-refractivity contribution in [3.63, 3.8) is 0 Å². The molecular weight excluding hydrogens is 490 g/mol. The SMILES string of the molecule is CCOc1cc2cc(c1)C(=O)N(C)CC(=O)N[C@H]1CN(CCOCCO)CC[C@H]1OCc1cccc(c1)O2. The number of nitrogens with zero attached hydrogens (tertiary/aromatic N) is 2. The van der Waals surface area contributed by atoms with Gasteiger partial charge in [-0.25, -0.2) is 0 Å². The summed E-state index contributed by atoms with van der Waals surface area (Å²) in [5, 5.41) is 12.0. The second kappa shape index (κ2) is 13.6. The van der Waals surface area contributed by atoms with E-state index in [1.54, 1.807) is 25.2 Å². The summed E-state index contributed by atoms with van der Waals surface area (Å²) in [4.78, 5) is 29.9. The number of aliphatic hydroxyl groups is 1. The van der Waals surface area contributed by atoms with Crippen molar-refractivity contribution in [1.29, 1.82) is 0 Å². The molecule has 2 N–H and O–H groups in total. The van der Waals surface area contributed by atoms with E-state index in [2.05, 4.69) is 10.2 Å². The van der Waals surface area contributed by atoms with Crippen LogP contribution in [0.3, 0.4) is 0 Å². The van der Waals surface area contributed by atoms with Crippen molar-refractivity contribution in [3.05, 3.63) is 53.6 Å². The van der Waals surface area contributed by atoms with Crippen LogP contribution in [-0.4, -0.2) is 98.5 Å². The number of hydrogen-bond donors (Lipinski definition) is 2. The van der Waals surface area contributed by atoms with Crippen molar-refractivity contribution in [1.82, 2.24) is 15.1 Å². The second-order valence-electron chi connectivity index (χ2n) is 9.49. The summed E-state index contributed by atoms with van der Waals surface area (Å²) in [6.45, 7) is 5.46. The van der Waals surface area contributed by atoms with Gasteiger partial charge in [-0.3, -0.25) is 14.5 Å². The average molecular weight is 528 g/mol. The molecule has 0 radical (unpaired) electrons. The lowest BCUT2D eigenvalue weighted by molar-refractivity contribution is -0.125. The minimum absolute atomic E-state index is 0.00961. The van der Waals surface area contributed by atoms with E-state index in [1.165, 1.54) is 4.90 Å². The molecule has 0 saturated carbocycles. The van der Waals surface area contributed by atoms with Gasteiger partial charge in [-0.1, -0.05) is 12.1 Å². The number of nitrogens with one attached hydrogen (secondary N) is 1. The number of carbonyl (C=O) groups excluding carboxylic acids is 2. The molecule has 2 aromatic rings. The van der Waals surface area contributed by atoms with E-state index >= 15 is 0 Å². The van der Waals surface area contributed by atoms with Crippen molar-refractivity contribution in [3.8, 4) is 17.2 Å². The summed E-state index contributed by atoms with van der Waals surface area (Å²) in [7, 11) is 1.60. The maximum atomic E-state index is 13.3. The fourth-order valence-corrected chi connectivity index (χ4v) is 4.70. The summed E-state index contributed by atoms with van der Waals surface area (Å²) < 4.78 is 23.5. The number of likely N-dealkylation sites (tertiary alicyclic amines) is 1. The first-order valence-corrected chi connectivity index (χ1v) is 13.1. The smallest absolute Gasteiger partial charge is 0.254 e. The first-order valence-electron chi connectivity index (χ1n) is 13.1. The van der Waals surface area contributed by atoms with Crippen LogP contribution in [0.4, 0.5) is 0 Å². The van der Waals surface area contributed by atoms with Crippen LogP contribution in [0.25, 0.3) is 0 Å². The van der Waals surface area contributed by atoms with Crippen LogP contribution in [0.1, 0.15) is 29.3 Å². The Morgan fingerprint density at radius 3 is 2.82 bits per heavy atom. The van der Waals surface area contributed by atoms with Crippen molar-refractivity contribution in [2.45, 2.75) is 32.1 Å². The average Bonchev–Trinajstić information content (AvgIpc) is 2.90.